The van der Waals surface area contributed by atoms with E-state index in [1.165, 1.54) is 12.4 Å². The number of carbonyl (C=O) groups excluding carboxylic acids is 1. The minimum atomic E-state index is -0.339. The zero-order valence-corrected chi connectivity index (χ0v) is 17.6. The molecule has 8 nitrogen and oxygen atoms in total. The maximum absolute atomic E-state index is 12.2. The number of anilines is 1. The summed E-state index contributed by atoms with van der Waals surface area (Å²) in [6.07, 6.45) is 6.31. The number of nitrogen functional groups attached to an aromatic ring is 1. The maximum atomic E-state index is 12.2. The summed E-state index contributed by atoms with van der Waals surface area (Å²) in [5.41, 5.74) is 12.4. The minimum Gasteiger partial charge on any atom is -0.383 e. The number of para-hydroxylation sites is 1. The molecule has 0 aliphatic carbocycles. The van der Waals surface area contributed by atoms with Crippen molar-refractivity contribution in [2.75, 3.05) is 5.73 Å². The van der Waals surface area contributed by atoms with Crippen molar-refractivity contribution >= 4 is 33.7 Å². The van der Waals surface area contributed by atoms with Crippen LogP contribution in [0.1, 0.15) is 11.7 Å². The van der Waals surface area contributed by atoms with E-state index in [9.17, 15) is 4.79 Å². The average Bonchev–Trinajstić information content (AvgIpc) is 3.19. The third kappa shape index (κ3) is 2.88. The molecule has 1 atom stereocenters. The van der Waals surface area contributed by atoms with Gasteiger partial charge in [0.05, 0.1) is 34.9 Å². The van der Waals surface area contributed by atoms with Gasteiger partial charge in [0.1, 0.15) is 17.8 Å². The van der Waals surface area contributed by atoms with Crippen LogP contribution in [0.5, 0.6) is 0 Å². The second-order valence-electron chi connectivity index (χ2n) is 7.91. The number of carbonyl (C=O) groups is 1. The topological polar surface area (TPSA) is 112 Å². The first-order valence-electron chi connectivity index (χ1n) is 10.5. The van der Waals surface area contributed by atoms with Gasteiger partial charge < -0.3 is 15.6 Å². The molecule has 0 saturated heterocycles. The van der Waals surface area contributed by atoms with Crippen molar-refractivity contribution in [2.24, 2.45) is 0 Å². The molecule has 1 amide bonds. The van der Waals surface area contributed by atoms with Crippen LogP contribution in [0.25, 0.3) is 44.3 Å². The van der Waals surface area contributed by atoms with Crippen molar-refractivity contribution in [3.63, 3.8) is 0 Å². The highest BCUT2D eigenvalue weighted by atomic mass is 16.1. The van der Waals surface area contributed by atoms with E-state index in [4.69, 9.17) is 5.73 Å². The van der Waals surface area contributed by atoms with Crippen LogP contribution >= 0.6 is 0 Å². The number of pyridine rings is 2. The number of hydrogen-bond donors (Lipinski definition) is 2. The summed E-state index contributed by atoms with van der Waals surface area (Å²) >= 11 is 0. The Kier molecular flexibility index (Phi) is 4.19. The fraction of sp³-hybridized carbons (Fsp3) is 0.0800. The number of aromatic nitrogens is 5. The fourth-order valence-corrected chi connectivity index (χ4v) is 4.65. The summed E-state index contributed by atoms with van der Waals surface area (Å²) in [5.74, 6) is 0.131. The highest BCUT2D eigenvalue weighted by Crippen LogP contribution is 2.46. The molecule has 0 radical (unpaired) electrons. The first kappa shape index (κ1) is 19.1. The summed E-state index contributed by atoms with van der Waals surface area (Å²) < 4.78 is 2.08. The Bertz CT molecular complexity index is 1590. The molecule has 5 aromatic rings. The van der Waals surface area contributed by atoms with Gasteiger partial charge in [-0.1, -0.05) is 24.8 Å². The Morgan fingerprint density at radius 3 is 2.91 bits per heavy atom. The van der Waals surface area contributed by atoms with Crippen molar-refractivity contribution in [3.05, 3.63) is 79.5 Å². The first-order valence-corrected chi connectivity index (χ1v) is 10.5. The summed E-state index contributed by atoms with van der Waals surface area (Å²) in [6, 6.07) is 13.6. The zero-order valence-electron chi connectivity index (χ0n) is 17.6. The molecule has 5 heterocycles. The van der Waals surface area contributed by atoms with Crippen LogP contribution in [-0.2, 0) is 11.3 Å². The summed E-state index contributed by atoms with van der Waals surface area (Å²) in [4.78, 5) is 30.3. The molecular weight excluding hydrogens is 414 g/mol. The number of fused-ring (bicyclic) bond motifs is 6. The molecule has 4 aromatic heterocycles. The molecule has 0 spiro atoms. The molecule has 0 bridgehead atoms. The number of nitrogens with zero attached hydrogens (tertiary/aromatic N) is 5. The Morgan fingerprint density at radius 2 is 2.03 bits per heavy atom. The second kappa shape index (κ2) is 7.23. The van der Waals surface area contributed by atoms with Gasteiger partial charge in [0.15, 0.2) is 0 Å². The van der Waals surface area contributed by atoms with E-state index in [1.807, 2.05) is 42.6 Å². The summed E-state index contributed by atoms with van der Waals surface area (Å²) in [5, 5.41) is 4.78. The SMILES string of the molecule is C=CC(=O)NC1Cn2c(c(-c3cnc4ccccc4c3)c3c(N)ncnc32)-c2cccnc21. The first-order chi connectivity index (χ1) is 16.2. The minimum absolute atomic E-state index is 0.260. The number of nitrogens with one attached hydrogen (secondary N) is 1. The van der Waals surface area contributed by atoms with Crippen LogP contribution in [0.3, 0.4) is 0 Å². The van der Waals surface area contributed by atoms with Gasteiger partial charge >= 0.3 is 0 Å². The van der Waals surface area contributed by atoms with E-state index >= 15 is 0 Å². The smallest absolute Gasteiger partial charge is 0.243 e. The fourth-order valence-electron chi connectivity index (χ4n) is 4.65. The summed E-state index contributed by atoms with van der Waals surface area (Å²) in [7, 11) is 0. The van der Waals surface area contributed by atoms with Crippen LogP contribution in [0.4, 0.5) is 5.82 Å². The van der Waals surface area contributed by atoms with Gasteiger partial charge in [-0.15, -0.1) is 0 Å². The quantitative estimate of drug-likeness (QED) is 0.420. The molecular formula is C25H19N7O. The lowest BCUT2D eigenvalue weighted by atomic mass is 9.94. The number of benzene rings is 1. The van der Waals surface area contributed by atoms with Gasteiger partial charge in [-0.3, -0.25) is 14.8 Å². The van der Waals surface area contributed by atoms with Crippen LogP contribution in [0.2, 0.25) is 0 Å². The molecule has 33 heavy (non-hydrogen) atoms. The summed E-state index contributed by atoms with van der Waals surface area (Å²) in [6.45, 7) is 4.02. The molecule has 6 rings (SSSR count). The van der Waals surface area contributed by atoms with Crippen LogP contribution < -0.4 is 11.1 Å². The number of nitrogens with two attached hydrogens (primary N) is 1. The maximum Gasteiger partial charge on any atom is 0.243 e. The van der Waals surface area contributed by atoms with Crippen LogP contribution in [0, 0.1) is 0 Å². The molecule has 1 aromatic carbocycles. The Morgan fingerprint density at radius 1 is 1.15 bits per heavy atom. The number of hydrogen-bond acceptors (Lipinski definition) is 6. The monoisotopic (exact) mass is 433 g/mol. The molecule has 8 heteroatoms. The largest absolute Gasteiger partial charge is 0.383 e. The van der Waals surface area contributed by atoms with E-state index < -0.39 is 0 Å². The van der Waals surface area contributed by atoms with Gasteiger partial charge in [0, 0.05) is 34.5 Å². The molecule has 0 saturated carbocycles. The lowest BCUT2D eigenvalue weighted by Gasteiger charge is -2.28. The molecule has 160 valence electrons. The van der Waals surface area contributed by atoms with E-state index in [1.54, 1.807) is 6.20 Å². The highest BCUT2D eigenvalue weighted by molar-refractivity contribution is 6.09. The van der Waals surface area contributed by atoms with Crippen LogP contribution in [0.15, 0.2) is 73.8 Å². The van der Waals surface area contributed by atoms with E-state index in [2.05, 4.69) is 42.5 Å². The van der Waals surface area contributed by atoms with Crippen molar-refractivity contribution < 1.29 is 4.79 Å². The van der Waals surface area contributed by atoms with Crippen LogP contribution in [-0.4, -0.2) is 30.4 Å². The van der Waals surface area contributed by atoms with Crippen molar-refractivity contribution in [2.45, 2.75) is 12.6 Å². The van der Waals surface area contributed by atoms with Gasteiger partial charge in [-0.2, -0.15) is 0 Å². The number of rotatable bonds is 3. The second-order valence-corrected chi connectivity index (χ2v) is 7.91. The molecule has 1 aliphatic rings. The molecule has 0 fully saturated rings. The third-order valence-electron chi connectivity index (χ3n) is 6.04. The van der Waals surface area contributed by atoms with Gasteiger partial charge in [0.2, 0.25) is 5.91 Å². The van der Waals surface area contributed by atoms with E-state index in [0.29, 0.717) is 18.0 Å². The lowest BCUT2D eigenvalue weighted by Crippen LogP contribution is -2.33. The third-order valence-corrected chi connectivity index (χ3v) is 6.04. The Labute approximate surface area is 188 Å². The predicted octanol–water partition coefficient (Wildman–Crippen LogP) is 3.65. The Hall–Kier alpha value is -4.59. The standard InChI is InChI=1S/C25H19N7O/c1-2-19(33)31-18-12-32-23(16-7-5-9-27-22(16)18)20(21-24(26)29-13-30-25(21)32)15-10-14-6-3-4-8-17(14)28-11-15/h2-11,13,18H,1,12H2,(H,31,33)(H2,26,29,30). The van der Waals surface area contributed by atoms with Crippen molar-refractivity contribution in [1.29, 1.82) is 0 Å². The van der Waals surface area contributed by atoms with Gasteiger partial charge in [-0.25, -0.2) is 9.97 Å². The molecule has 1 aliphatic heterocycles. The van der Waals surface area contributed by atoms with Crippen molar-refractivity contribution in [3.8, 4) is 22.4 Å². The molecule has 3 N–H and O–H groups in total. The van der Waals surface area contributed by atoms with E-state index in [0.717, 1.165) is 44.4 Å². The molecule has 1 unspecified atom stereocenters. The lowest BCUT2D eigenvalue weighted by molar-refractivity contribution is -0.117. The normalized spacial score (nSPS) is 14.6. The van der Waals surface area contributed by atoms with Gasteiger partial charge in [0.25, 0.3) is 0 Å². The van der Waals surface area contributed by atoms with Crippen molar-refractivity contribution in [1.82, 2.24) is 29.8 Å². The number of amides is 1. The average molecular weight is 433 g/mol. The predicted molar refractivity (Wildman–Crippen MR) is 127 cm³/mol. The van der Waals surface area contributed by atoms with E-state index in [-0.39, 0.29) is 11.9 Å². The Balaban J connectivity index is 1.68. The highest BCUT2D eigenvalue weighted by Gasteiger charge is 2.33. The zero-order chi connectivity index (χ0) is 22.5. The van der Waals surface area contributed by atoms with Gasteiger partial charge in [-0.05, 0) is 30.3 Å².